The maximum absolute atomic E-state index is 11.9. The number of nitrogens with zero attached hydrogens (tertiary/aromatic N) is 1. The summed E-state index contributed by atoms with van der Waals surface area (Å²) in [5, 5.41) is 12.0. The highest BCUT2D eigenvalue weighted by Crippen LogP contribution is 2.17. The van der Waals surface area contributed by atoms with Crippen molar-refractivity contribution in [3.05, 3.63) is 28.7 Å². The summed E-state index contributed by atoms with van der Waals surface area (Å²) >= 11 is 3.37. The van der Waals surface area contributed by atoms with Crippen molar-refractivity contribution < 1.29 is 9.90 Å². The number of anilines is 1. The minimum atomic E-state index is 0.0524. The Morgan fingerprint density at radius 2 is 1.95 bits per heavy atom. The van der Waals surface area contributed by atoms with E-state index in [1.54, 1.807) is 0 Å². The number of carbonyl (C=O) groups excluding carboxylic acids is 1. The standard InChI is InChI=1S/C15H21BrN2O2/c16-13-1-3-14(4-2-13)17-15(20)7-10-18-8-5-12(11-19)6-9-18/h1-4,12,19H,5-11H2,(H,17,20). The molecule has 110 valence electrons. The fraction of sp³-hybridized carbons (Fsp3) is 0.533. The Balaban J connectivity index is 1.69. The third kappa shape index (κ3) is 4.89. The normalized spacial score (nSPS) is 17.1. The van der Waals surface area contributed by atoms with E-state index in [0.29, 0.717) is 12.3 Å². The van der Waals surface area contributed by atoms with Crippen LogP contribution < -0.4 is 5.32 Å². The first-order valence-corrected chi connectivity index (χ1v) is 7.85. The van der Waals surface area contributed by atoms with Crippen molar-refractivity contribution in [3.8, 4) is 0 Å². The molecule has 0 saturated carbocycles. The average Bonchev–Trinajstić information content (AvgIpc) is 2.48. The molecule has 5 heteroatoms. The van der Waals surface area contributed by atoms with Gasteiger partial charge in [0.25, 0.3) is 0 Å². The largest absolute Gasteiger partial charge is 0.396 e. The number of amides is 1. The van der Waals surface area contributed by atoms with Crippen LogP contribution in [0.4, 0.5) is 5.69 Å². The number of rotatable bonds is 5. The summed E-state index contributed by atoms with van der Waals surface area (Å²) in [6, 6.07) is 7.59. The van der Waals surface area contributed by atoms with Crippen LogP contribution in [0.5, 0.6) is 0 Å². The molecule has 2 N–H and O–H groups in total. The van der Waals surface area contributed by atoms with E-state index in [2.05, 4.69) is 26.1 Å². The maximum Gasteiger partial charge on any atom is 0.225 e. The van der Waals surface area contributed by atoms with Crippen LogP contribution in [-0.2, 0) is 4.79 Å². The number of piperidine rings is 1. The van der Waals surface area contributed by atoms with Gasteiger partial charge < -0.3 is 15.3 Å². The predicted octanol–water partition coefficient (Wildman–Crippen LogP) is 2.48. The third-order valence-electron chi connectivity index (χ3n) is 3.75. The first kappa shape index (κ1) is 15.5. The number of aliphatic hydroxyl groups excluding tert-OH is 1. The van der Waals surface area contributed by atoms with Crippen LogP contribution in [0.15, 0.2) is 28.7 Å². The summed E-state index contributed by atoms with van der Waals surface area (Å²) in [5.41, 5.74) is 0.831. The number of nitrogens with one attached hydrogen (secondary N) is 1. The van der Waals surface area contributed by atoms with Gasteiger partial charge in [-0.2, -0.15) is 0 Å². The molecule has 1 aromatic rings. The van der Waals surface area contributed by atoms with Crippen LogP contribution in [0, 0.1) is 5.92 Å². The number of benzene rings is 1. The number of halogens is 1. The van der Waals surface area contributed by atoms with Crippen LogP contribution in [-0.4, -0.2) is 42.2 Å². The molecule has 1 aliphatic rings. The molecule has 0 aromatic heterocycles. The lowest BCUT2D eigenvalue weighted by atomic mass is 9.98. The lowest BCUT2D eigenvalue weighted by Crippen LogP contribution is -2.36. The fourth-order valence-electron chi connectivity index (χ4n) is 2.41. The van der Waals surface area contributed by atoms with Crippen LogP contribution in [0.2, 0.25) is 0 Å². The zero-order valence-corrected chi connectivity index (χ0v) is 13.1. The van der Waals surface area contributed by atoms with Crippen molar-refractivity contribution in [3.63, 3.8) is 0 Å². The predicted molar refractivity (Wildman–Crippen MR) is 83.6 cm³/mol. The second-order valence-corrected chi connectivity index (χ2v) is 6.19. The number of carbonyl (C=O) groups is 1. The monoisotopic (exact) mass is 340 g/mol. The van der Waals surface area contributed by atoms with E-state index in [-0.39, 0.29) is 12.5 Å². The summed E-state index contributed by atoms with van der Waals surface area (Å²) in [7, 11) is 0. The van der Waals surface area contributed by atoms with Crippen LogP contribution in [0.1, 0.15) is 19.3 Å². The van der Waals surface area contributed by atoms with Gasteiger partial charge in [-0.15, -0.1) is 0 Å². The molecule has 0 spiro atoms. The molecule has 1 saturated heterocycles. The topological polar surface area (TPSA) is 52.6 Å². The van der Waals surface area contributed by atoms with Crippen molar-refractivity contribution in [1.82, 2.24) is 4.90 Å². The average molecular weight is 341 g/mol. The van der Waals surface area contributed by atoms with Crippen LogP contribution in [0.3, 0.4) is 0 Å². The van der Waals surface area contributed by atoms with E-state index in [9.17, 15) is 4.79 Å². The van der Waals surface area contributed by atoms with Crippen molar-refractivity contribution in [2.24, 2.45) is 5.92 Å². The van der Waals surface area contributed by atoms with E-state index in [4.69, 9.17) is 5.11 Å². The highest BCUT2D eigenvalue weighted by atomic mass is 79.9. The molecule has 1 aromatic carbocycles. The van der Waals surface area contributed by atoms with E-state index < -0.39 is 0 Å². The highest BCUT2D eigenvalue weighted by Gasteiger charge is 2.18. The van der Waals surface area contributed by atoms with Gasteiger partial charge in [-0.25, -0.2) is 0 Å². The van der Waals surface area contributed by atoms with E-state index in [1.165, 1.54) is 0 Å². The minimum Gasteiger partial charge on any atom is -0.396 e. The molecule has 20 heavy (non-hydrogen) atoms. The summed E-state index contributed by atoms with van der Waals surface area (Å²) in [6.45, 7) is 3.05. The van der Waals surface area contributed by atoms with Gasteiger partial charge in [-0.1, -0.05) is 15.9 Å². The second-order valence-electron chi connectivity index (χ2n) is 5.27. The van der Waals surface area contributed by atoms with Crippen LogP contribution >= 0.6 is 15.9 Å². The number of hydrogen-bond donors (Lipinski definition) is 2. The Morgan fingerprint density at radius 1 is 1.30 bits per heavy atom. The maximum atomic E-state index is 11.9. The summed E-state index contributed by atoms with van der Waals surface area (Å²) in [4.78, 5) is 14.2. The SMILES string of the molecule is O=C(CCN1CCC(CO)CC1)Nc1ccc(Br)cc1. The number of likely N-dealkylation sites (tertiary alicyclic amines) is 1. The van der Waals surface area contributed by atoms with Crippen molar-refractivity contribution in [1.29, 1.82) is 0 Å². The second kappa shape index (κ2) is 7.76. The highest BCUT2D eigenvalue weighted by molar-refractivity contribution is 9.10. The number of aliphatic hydroxyl groups is 1. The van der Waals surface area contributed by atoms with Gasteiger partial charge in [-0.3, -0.25) is 4.79 Å². The minimum absolute atomic E-state index is 0.0524. The van der Waals surface area contributed by atoms with Crippen molar-refractivity contribution in [2.75, 3.05) is 31.6 Å². The Labute approximate surface area is 128 Å². The van der Waals surface area contributed by atoms with Gasteiger partial charge in [0.2, 0.25) is 5.91 Å². The Kier molecular flexibility index (Phi) is 6.01. The van der Waals surface area contributed by atoms with Gasteiger partial charge in [-0.05, 0) is 56.1 Å². The molecule has 1 heterocycles. The first-order valence-electron chi connectivity index (χ1n) is 7.06. The fourth-order valence-corrected chi connectivity index (χ4v) is 2.67. The molecule has 0 radical (unpaired) electrons. The molecular weight excluding hydrogens is 320 g/mol. The van der Waals surface area contributed by atoms with Gasteiger partial charge in [0.1, 0.15) is 0 Å². The molecule has 2 rings (SSSR count). The van der Waals surface area contributed by atoms with E-state index in [1.807, 2.05) is 24.3 Å². The Hall–Kier alpha value is -0.910. The smallest absolute Gasteiger partial charge is 0.225 e. The molecule has 4 nitrogen and oxygen atoms in total. The quantitative estimate of drug-likeness (QED) is 0.865. The molecular formula is C15H21BrN2O2. The summed E-state index contributed by atoms with van der Waals surface area (Å²) in [5.74, 6) is 0.499. The lowest BCUT2D eigenvalue weighted by molar-refractivity contribution is -0.116. The summed E-state index contributed by atoms with van der Waals surface area (Å²) in [6.07, 6.45) is 2.58. The Bertz CT molecular complexity index is 428. The Morgan fingerprint density at radius 3 is 2.55 bits per heavy atom. The number of hydrogen-bond acceptors (Lipinski definition) is 3. The molecule has 1 amide bonds. The molecule has 0 unspecified atom stereocenters. The zero-order valence-electron chi connectivity index (χ0n) is 11.5. The van der Waals surface area contributed by atoms with Crippen molar-refractivity contribution >= 4 is 27.5 Å². The molecule has 0 atom stereocenters. The third-order valence-corrected chi connectivity index (χ3v) is 4.28. The summed E-state index contributed by atoms with van der Waals surface area (Å²) < 4.78 is 1.00. The van der Waals surface area contributed by atoms with Gasteiger partial charge in [0.15, 0.2) is 0 Å². The van der Waals surface area contributed by atoms with Gasteiger partial charge in [0.05, 0.1) is 0 Å². The lowest BCUT2D eigenvalue weighted by Gasteiger charge is -2.30. The zero-order chi connectivity index (χ0) is 14.4. The van der Waals surface area contributed by atoms with Gasteiger partial charge in [0, 0.05) is 29.7 Å². The van der Waals surface area contributed by atoms with E-state index in [0.717, 1.165) is 42.6 Å². The van der Waals surface area contributed by atoms with Crippen LogP contribution in [0.25, 0.3) is 0 Å². The van der Waals surface area contributed by atoms with Crippen molar-refractivity contribution in [2.45, 2.75) is 19.3 Å². The first-order chi connectivity index (χ1) is 9.67. The molecule has 1 fully saturated rings. The van der Waals surface area contributed by atoms with E-state index >= 15 is 0 Å². The molecule has 1 aliphatic heterocycles. The molecule has 0 aliphatic carbocycles. The molecule has 0 bridgehead atoms. The van der Waals surface area contributed by atoms with Gasteiger partial charge >= 0.3 is 0 Å².